The lowest BCUT2D eigenvalue weighted by Crippen LogP contribution is -2.32. The van der Waals surface area contributed by atoms with E-state index in [0.29, 0.717) is 5.92 Å². The molecule has 1 aromatic rings. The molecule has 1 aromatic carbocycles. The molecule has 1 fully saturated rings. The SMILES string of the molecule is O=C(O)C1(CC2CC2)Cc2ccccc2C1. The average Bonchev–Trinajstić information content (AvgIpc) is 2.97. The van der Waals surface area contributed by atoms with Gasteiger partial charge in [-0.3, -0.25) is 4.79 Å². The van der Waals surface area contributed by atoms with Crippen LogP contribution in [0.25, 0.3) is 0 Å². The predicted octanol–water partition coefficient (Wildman–Crippen LogP) is 2.66. The summed E-state index contributed by atoms with van der Waals surface area (Å²) in [5.74, 6) is 0.0704. The highest BCUT2D eigenvalue weighted by atomic mass is 16.4. The van der Waals surface area contributed by atoms with Crippen LogP contribution in [0.1, 0.15) is 30.4 Å². The lowest BCUT2D eigenvalue weighted by molar-refractivity contribution is -0.149. The third kappa shape index (κ3) is 1.53. The molecular weight excluding hydrogens is 200 g/mol. The van der Waals surface area contributed by atoms with Gasteiger partial charge >= 0.3 is 5.97 Å². The quantitative estimate of drug-likeness (QED) is 0.843. The molecular formula is C14H16O2. The molecule has 0 unspecified atom stereocenters. The molecule has 0 aliphatic heterocycles. The van der Waals surface area contributed by atoms with Crippen molar-refractivity contribution in [2.24, 2.45) is 11.3 Å². The lowest BCUT2D eigenvalue weighted by atomic mass is 9.79. The summed E-state index contributed by atoms with van der Waals surface area (Å²) >= 11 is 0. The molecule has 16 heavy (non-hydrogen) atoms. The van der Waals surface area contributed by atoms with Crippen LogP contribution in [0.5, 0.6) is 0 Å². The van der Waals surface area contributed by atoms with Crippen LogP contribution in [0.15, 0.2) is 24.3 Å². The minimum Gasteiger partial charge on any atom is -0.481 e. The first-order valence-corrected chi connectivity index (χ1v) is 6.00. The van der Waals surface area contributed by atoms with E-state index in [0.717, 1.165) is 19.3 Å². The summed E-state index contributed by atoms with van der Waals surface area (Å²) < 4.78 is 0. The largest absolute Gasteiger partial charge is 0.481 e. The van der Waals surface area contributed by atoms with E-state index in [9.17, 15) is 9.90 Å². The molecule has 0 aromatic heterocycles. The lowest BCUT2D eigenvalue weighted by Gasteiger charge is -2.23. The first-order chi connectivity index (χ1) is 7.70. The summed E-state index contributed by atoms with van der Waals surface area (Å²) in [7, 11) is 0. The fourth-order valence-corrected chi connectivity index (χ4v) is 2.95. The number of aliphatic carboxylic acids is 1. The molecule has 0 amide bonds. The molecule has 3 rings (SSSR count). The highest BCUT2D eigenvalue weighted by Gasteiger charge is 2.46. The number of carboxylic acid groups (broad SMARTS) is 1. The van der Waals surface area contributed by atoms with Gasteiger partial charge in [0.05, 0.1) is 5.41 Å². The van der Waals surface area contributed by atoms with E-state index in [4.69, 9.17) is 0 Å². The Labute approximate surface area is 95.3 Å². The van der Waals surface area contributed by atoms with Crippen molar-refractivity contribution in [3.63, 3.8) is 0 Å². The Kier molecular flexibility index (Phi) is 2.06. The van der Waals surface area contributed by atoms with E-state index in [1.54, 1.807) is 0 Å². The first-order valence-electron chi connectivity index (χ1n) is 6.00. The maximum Gasteiger partial charge on any atom is 0.310 e. The first kappa shape index (κ1) is 9.88. The molecule has 2 aliphatic rings. The number of rotatable bonds is 3. The zero-order valence-electron chi connectivity index (χ0n) is 9.28. The van der Waals surface area contributed by atoms with Crippen LogP contribution < -0.4 is 0 Å². The summed E-state index contributed by atoms with van der Waals surface area (Å²) in [5, 5.41) is 9.51. The normalized spacial score (nSPS) is 21.8. The van der Waals surface area contributed by atoms with E-state index >= 15 is 0 Å². The van der Waals surface area contributed by atoms with E-state index in [1.165, 1.54) is 24.0 Å². The Morgan fingerprint density at radius 2 is 1.81 bits per heavy atom. The van der Waals surface area contributed by atoms with Gasteiger partial charge < -0.3 is 5.11 Å². The molecule has 1 N–H and O–H groups in total. The van der Waals surface area contributed by atoms with Gasteiger partial charge in [-0.2, -0.15) is 0 Å². The Morgan fingerprint density at radius 1 is 1.25 bits per heavy atom. The Balaban J connectivity index is 1.91. The highest BCUT2D eigenvalue weighted by molar-refractivity contribution is 5.77. The number of fused-ring (bicyclic) bond motifs is 1. The van der Waals surface area contributed by atoms with Gasteiger partial charge in [-0.05, 0) is 36.3 Å². The summed E-state index contributed by atoms with van der Waals surface area (Å²) in [4.78, 5) is 11.6. The second-order valence-electron chi connectivity index (χ2n) is 5.36. The second-order valence-corrected chi connectivity index (χ2v) is 5.36. The van der Waals surface area contributed by atoms with Gasteiger partial charge in [0.2, 0.25) is 0 Å². The topological polar surface area (TPSA) is 37.3 Å². The fourth-order valence-electron chi connectivity index (χ4n) is 2.95. The third-order valence-corrected chi connectivity index (χ3v) is 4.01. The number of carbonyl (C=O) groups is 1. The van der Waals surface area contributed by atoms with Crippen molar-refractivity contribution in [1.82, 2.24) is 0 Å². The van der Waals surface area contributed by atoms with Crippen molar-refractivity contribution in [3.05, 3.63) is 35.4 Å². The summed E-state index contributed by atoms with van der Waals surface area (Å²) in [6.45, 7) is 0. The number of hydrogen-bond donors (Lipinski definition) is 1. The molecule has 2 aliphatic carbocycles. The smallest absolute Gasteiger partial charge is 0.310 e. The minimum absolute atomic E-state index is 0.495. The Hall–Kier alpha value is -1.31. The van der Waals surface area contributed by atoms with Crippen molar-refractivity contribution < 1.29 is 9.90 Å². The predicted molar refractivity (Wildman–Crippen MR) is 61.3 cm³/mol. The van der Waals surface area contributed by atoms with Gasteiger partial charge in [0.15, 0.2) is 0 Å². The van der Waals surface area contributed by atoms with Gasteiger partial charge in [0, 0.05) is 0 Å². The molecule has 0 atom stereocenters. The van der Waals surface area contributed by atoms with Crippen LogP contribution in [0.3, 0.4) is 0 Å². The van der Waals surface area contributed by atoms with Crippen LogP contribution in [0.4, 0.5) is 0 Å². The second kappa shape index (κ2) is 3.34. The highest BCUT2D eigenvalue weighted by Crippen LogP contribution is 2.47. The molecule has 0 heterocycles. The van der Waals surface area contributed by atoms with Gasteiger partial charge in [-0.25, -0.2) is 0 Å². The van der Waals surface area contributed by atoms with Crippen molar-refractivity contribution >= 4 is 5.97 Å². The van der Waals surface area contributed by atoms with Gasteiger partial charge in [-0.15, -0.1) is 0 Å². The Bertz CT molecular complexity index is 407. The van der Waals surface area contributed by atoms with E-state index in [2.05, 4.69) is 12.1 Å². The molecule has 0 spiro atoms. The van der Waals surface area contributed by atoms with E-state index in [1.807, 2.05) is 12.1 Å². The van der Waals surface area contributed by atoms with Crippen molar-refractivity contribution in [1.29, 1.82) is 0 Å². The summed E-state index contributed by atoms with van der Waals surface area (Å²) in [6.07, 6.45) is 4.79. The number of carboxylic acids is 1. The van der Waals surface area contributed by atoms with Gasteiger partial charge in [0.1, 0.15) is 0 Å². The van der Waals surface area contributed by atoms with Crippen LogP contribution in [-0.4, -0.2) is 11.1 Å². The van der Waals surface area contributed by atoms with Gasteiger partial charge in [-0.1, -0.05) is 37.1 Å². The van der Waals surface area contributed by atoms with Crippen LogP contribution in [-0.2, 0) is 17.6 Å². The molecule has 0 bridgehead atoms. The summed E-state index contributed by atoms with van der Waals surface area (Å²) in [6, 6.07) is 8.17. The fraction of sp³-hybridized carbons (Fsp3) is 0.500. The summed E-state index contributed by atoms with van der Waals surface area (Å²) in [5.41, 5.74) is 1.99. The van der Waals surface area contributed by atoms with Crippen LogP contribution in [0, 0.1) is 11.3 Å². The molecule has 84 valence electrons. The van der Waals surface area contributed by atoms with Crippen molar-refractivity contribution in [3.8, 4) is 0 Å². The van der Waals surface area contributed by atoms with Gasteiger partial charge in [0.25, 0.3) is 0 Å². The van der Waals surface area contributed by atoms with E-state index < -0.39 is 11.4 Å². The zero-order chi connectivity index (χ0) is 11.2. The number of hydrogen-bond acceptors (Lipinski definition) is 1. The van der Waals surface area contributed by atoms with Crippen LogP contribution >= 0.6 is 0 Å². The average molecular weight is 216 g/mol. The van der Waals surface area contributed by atoms with Crippen molar-refractivity contribution in [2.45, 2.75) is 32.1 Å². The molecule has 2 heteroatoms. The van der Waals surface area contributed by atoms with E-state index in [-0.39, 0.29) is 0 Å². The van der Waals surface area contributed by atoms with Crippen LogP contribution in [0.2, 0.25) is 0 Å². The molecule has 0 saturated heterocycles. The number of benzene rings is 1. The zero-order valence-corrected chi connectivity index (χ0v) is 9.28. The third-order valence-electron chi connectivity index (χ3n) is 4.01. The maximum absolute atomic E-state index is 11.6. The molecule has 0 radical (unpaired) electrons. The molecule has 1 saturated carbocycles. The Morgan fingerprint density at radius 3 is 2.25 bits per heavy atom. The molecule has 2 nitrogen and oxygen atoms in total. The minimum atomic E-state index is -0.601. The standard InChI is InChI=1S/C14H16O2/c15-13(16)14(7-10-5-6-10)8-11-3-1-2-4-12(11)9-14/h1-4,10H,5-9H2,(H,15,16). The van der Waals surface area contributed by atoms with Crippen molar-refractivity contribution in [2.75, 3.05) is 0 Å². The monoisotopic (exact) mass is 216 g/mol. The maximum atomic E-state index is 11.6.